The van der Waals surface area contributed by atoms with Gasteiger partial charge in [0.2, 0.25) is 12.1 Å². The van der Waals surface area contributed by atoms with Crippen LogP contribution in [0.1, 0.15) is 52.0 Å². The van der Waals surface area contributed by atoms with Gasteiger partial charge in [0.05, 0.1) is 6.42 Å². The number of fused-ring (bicyclic) bond motifs is 2. The normalized spacial score (nSPS) is 45.9. The first-order valence-electron chi connectivity index (χ1n) is 10.8. The molecule has 1 spiro atoms. The lowest BCUT2D eigenvalue weighted by Gasteiger charge is -2.59. The summed E-state index contributed by atoms with van der Waals surface area (Å²) in [5.74, 6) is -0.146. The van der Waals surface area contributed by atoms with E-state index in [0.717, 1.165) is 31.2 Å². The van der Waals surface area contributed by atoms with Crippen LogP contribution >= 0.6 is 0 Å². The lowest BCUT2D eigenvalue weighted by Crippen LogP contribution is -2.70. The molecule has 8 atom stereocenters. The molecule has 1 unspecified atom stereocenters. The maximum atomic E-state index is 12.6. The average molecular weight is 402 g/mol. The predicted molar refractivity (Wildman–Crippen MR) is 103 cm³/mol. The summed E-state index contributed by atoms with van der Waals surface area (Å²) in [7, 11) is 0. The zero-order valence-corrected chi connectivity index (χ0v) is 17.3. The molecular formula is C23H30O6. The molecule has 0 amide bonds. The molecule has 4 heterocycles. The smallest absolute Gasteiger partial charge is 0.312 e. The van der Waals surface area contributed by atoms with Gasteiger partial charge in [-0.15, -0.1) is 0 Å². The van der Waals surface area contributed by atoms with E-state index in [1.165, 1.54) is 0 Å². The predicted octanol–water partition coefficient (Wildman–Crippen LogP) is 3.98. The molecule has 6 rings (SSSR count). The molecule has 29 heavy (non-hydrogen) atoms. The zero-order valence-electron chi connectivity index (χ0n) is 17.3. The number of hydrogen-bond acceptors (Lipinski definition) is 6. The monoisotopic (exact) mass is 402 g/mol. The Morgan fingerprint density at radius 3 is 2.69 bits per heavy atom. The fourth-order valence-electron chi connectivity index (χ4n) is 5.94. The Labute approximate surface area is 171 Å². The summed E-state index contributed by atoms with van der Waals surface area (Å²) < 4.78 is 18.4. The molecular weight excluding hydrogens is 372 g/mol. The zero-order chi connectivity index (χ0) is 20.2. The van der Waals surface area contributed by atoms with E-state index in [1.54, 1.807) is 0 Å². The highest BCUT2D eigenvalue weighted by molar-refractivity contribution is 5.72. The van der Waals surface area contributed by atoms with Crippen molar-refractivity contribution in [2.24, 2.45) is 23.7 Å². The van der Waals surface area contributed by atoms with Gasteiger partial charge in [-0.25, -0.2) is 9.78 Å². The molecule has 0 N–H and O–H groups in total. The van der Waals surface area contributed by atoms with Crippen LogP contribution in [0.15, 0.2) is 30.3 Å². The van der Waals surface area contributed by atoms with Gasteiger partial charge in [0, 0.05) is 18.3 Å². The van der Waals surface area contributed by atoms with Crippen molar-refractivity contribution in [1.82, 2.24) is 0 Å². The minimum atomic E-state index is -0.823. The number of carbonyl (C=O) groups excluding carboxylic acids is 1. The number of hydrogen-bond donors (Lipinski definition) is 0. The Kier molecular flexibility index (Phi) is 4.74. The number of ether oxygens (including phenoxy) is 3. The van der Waals surface area contributed by atoms with E-state index in [9.17, 15) is 4.79 Å². The lowest BCUT2D eigenvalue weighted by atomic mass is 9.58. The molecule has 158 valence electrons. The Bertz CT molecular complexity index is 768. The number of carbonyl (C=O) groups is 1. The van der Waals surface area contributed by atoms with Gasteiger partial charge < -0.3 is 14.2 Å². The van der Waals surface area contributed by atoms with Crippen LogP contribution in [0.5, 0.6) is 0 Å². The van der Waals surface area contributed by atoms with Crippen LogP contribution in [0.25, 0.3) is 0 Å². The van der Waals surface area contributed by atoms with E-state index in [-0.39, 0.29) is 24.2 Å². The Morgan fingerprint density at radius 1 is 1.10 bits per heavy atom. The second kappa shape index (κ2) is 7.05. The second-order valence-electron chi connectivity index (χ2n) is 9.43. The largest absolute Gasteiger partial charge is 0.435 e. The summed E-state index contributed by atoms with van der Waals surface area (Å²) in [5.41, 5.74) is 0.299. The van der Waals surface area contributed by atoms with E-state index in [2.05, 4.69) is 13.8 Å². The molecule has 1 aromatic carbocycles. The standard InChI is InChI=1S/C23H30O6/c1-14-9-10-18-15(2)20(25-19(24)13-16-7-5-4-6-8-16)26-21-23(18)17(14)11-12-22(3,27-21)28-29-23/h4-8,14-15,17-18,20-21H,9-13H2,1-3H3/t14-,15-,17+,18+,20?,21-,22+,23-/m1/s1. The van der Waals surface area contributed by atoms with Crippen molar-refractivity contribution in [3.63, 3.8) is 0 Å². The van der Waals surface area contributed by atoms with Crippen LogP contribution in [-0.2, 0) is 35.2 Å². The lowest BCUT2D eigenvalue weighted by molar-refractivity contribution is -0.576. The van der Waals surface area contributed by atoms with Gasteiger partial charge in [0.15, 0.2) is 11.9 Å². The van der Waals surface area contributed by atoms with Crippen molar-refractivity contribution in [2.45, 2.75) is 76.8 Å². The first kappa shape index (κ1) is 19.5. The number of rotatable bonds is 3. The molecule has 6 nitrogen and oxygen atoms in total. The maximum absolute atomic E-state index is 12.6. The molecule has 5 fully saturated rings. The number of esters is 1. The molecule has 6 heteroatoms. The molecule has 4 saturated heterocycles. The van der Waals surface area contributed by atoms with Crippen LogP contribution in [-0.4, -0.2) is 29.9 Å². The van der Waals surface area contributed by atoms with Crippen LogP contribution in [0.4, 0.5) is 0 Å². The first-order chi connectivity index (χ1) is 13.9. The summed E-state index contributed by atoms with van der Waals surface area (Å²) in [5, 5.41) is 0. The van der Waals surface area contributed by atoms with Gasteiger partial charge in [-0.05, 0) is 43.6 Å². The van der Waals surface area contributed by atoms with Crippen molar-refractivity contribution in [1.29, 1.82) is 0 Å². The van der Waals surface area contributed by atoms with Crippen molar-refractivity contribution in [2.75, 3.05) is 0 Å². The van der Waals surface area contributed by atoms with E-state index < -0.39 is 24.0 Å². The van der Waals surface area contributed by atoms with Crippen molar-refractivity contribution in [3.05, 3.63) is 35.9 Å². The topological polar surface area (TPSA) is 63.2 Å². The van der Waals surface area contributed by atoms with Crippen molar-refractivity contribution < 1.29 is 28.8 Å². The quantitative estimate of drug-likeness (QED) is 0.563. The Hall–Kier alpha value is -1.47. The summed E-state index contributed by atoms with van der Waals surface area (Å²) in [6.07, 6.45) is 2.85. The SMILES string of the molecule is C[C@@H]1CC[C@H]2[C@@H](C)C(OC(=O)Cc3ccccc3)O[C@@H]3O[C@]4(C)CC[C@@H]1[C@]32OO4. The van der Waals surface area contributed by atoms with Gasteiger partial charge in [-0.3, -0.25) is 4.79 Å². The molecule has 1 saturated carbocycles. The second-order valence-corrected chi connectivity index (χ2v) is 9.43. The average Bonchev–Trinajstić information content (AvgIpc) is 2.93. The van der Waals surface area contributed by atoms with E-state index in [4.69, 9.17) is 24.0 Å². The Balaban J connectivity index is 1.39. The minimum absolute atomic E-state index is 0.00405. The fourth-order valence-corrected chi connectivity index (χ4v) is 5.94. The van der Waals surface area contributed by atoms with Crippen molar-refractivity contribution >= 4 is 5.97 Å². The minimum Gasteiger partial charge on any atom is -0.435 e. The molecule has 1 aromatic rings. The van der Waals surface area contributed by atoms with Crippen LogP contribution in [0, 0.1) is 23.7 Å². The van der Waals surface area contributed by atoms with Gasteiger partial charge in [-0.2, -0.15) is 0 Å². The molecule has 0 aromatic heterocycles. The van der Waals surface area contributed by atoms with Crippen LogP contribution in [0.2, 0.25) is 0 Å². The molecule has 1 aliphatic carbocycles. The van der Waals surface area contributed by atoms with Crippen molar-refractivity contribution in [3.8, 4) is 0 Å². The van der Waals surface area contributed by atoms with Crippen LogP contribution < -0.4 is 0 Å². The summed E-state index contributed by atoms with van der Waals surface area (Å²) in [6, 6.07) is 9.62. The Morgan fingerprint density at radius 2 is 1.90 bits per heavy atom. The highest BCUT2D eigenvalue weighted by Crippen LogP contribution is 2.60. The third-order valence-corrected chi connectivity index (χ3v) is 7.54. The van der Waals surface area contributed by atoms with E-state index >= 15 is 0 Å². The highest BCUT2D eigenvalue weighted by atomic mass is 17.3. The van der Waals surface area contributed by atoms with Gasteiger partial charge >= 0.3 is 5.97 Å². The van der Waals surface area contributed by atoms with Gasteiger partial charge in [0.1, 0.15) is 0 Å². The summed E-state index contributed by atoms with van der Waals surface area (Å²) >= 11 is 0. The van der Waals surface area contributed by atoms with Gasteiger partial charge in [-0.1, -0.05) is 44.2 Å². The first-order valence-corrected chi connectivity index (χ1v) is 10.8. The fraction of sp³-hybridized carbons (Fsp3) is 0.696. The molecule has 5 aliphatic rings. The maximum Gasteiger partial charge on any atom is 0.312 e. The molecule has 4 aliphatic heterocycles. The summed E-state index contributed by atoms with van der Waals surface area (Å²) in [4.78, 5) is 24.5. The summed E-state index contributed by atoms with van der Waals surface area (Å²) in [6.45, 7) is 6.27. The number of benzene rings is 1. The van der Waals surface area contributed by atoms with E-state index in [0.29, 0.717) is 11.8 Å². The third kappa shape index (κ3) is 3.12. The molecule has 2 bridgehead atoms. The van der Waals surface area contributed by atoms with Gasteiger partial charge in [0.25, 0.3) is 0 Å². The van der Waals surface area contributed by atoms with E-state index in [1.807, 2.05) is 37.3 Å². The molecule has 0 radical (unpaired) electrons. The van der Waals surface area contributed by atoms with Crippen LogP contribution in [0.3, 0.4) is 0 Å². The highest BCUT2D eigenvalue weighted by Gasteiger charge is 2.69. The third-order valence-electron chi connectivity index (χ3n) is 7.54.